The summed E-state index contributed by atoms with van der Waals surface area (Å²) in [5.41, 5.74) is 1.36. The Hall–Kier alpha value is -3.16. The first-order valence-electron chi connectivity index (χ1n) is 13.1. The van der Waals surface area contributed by atoms with E-state index in [1.807, 2.05) is 27.7 Å². The van der Waals surface area contributed by atoms with Crippen LogP contribution in [-0.4, -0.2) is 69.3 Å². The summed E-state index contributed by atoms with van der Waals surface area (Å²) in [7, 11) is -2.52. The number of hydrogen-bond acceptors (Lipinski definition) is 10. The summed E-state index contributed by atoms with van der Waals surface area (Å²) in [6.45, 7) is 9.72. The minimum Gasteiger partial charge on any atom is -0.481 e. The van der Waals surface area contributed by atoms with Crippen LogP contribution < -0.4 is 9.46 Å². The fourth-order valence-corrected chi connectivity index (χ4v) is 5.58. The molecule has 1 fully saturated rings. The number of sulfonamides is 1. The number of ether oxygens (including phenoxy) is 3. The number of aryl methyl sites for hydroxylation is 1. The van der Waals surface area contributed by atoms with Crippen LogP contribution in [-0.2, 0) is 19.5 Å². The Morgan fingerprint density at radius 3 is 2.49 bits per heavy atom. The average molecular weight is 560 g/mol. The van der Waals surface area contributed by atoms with Gasteiger partial charge in [-0.2, -0.15) is 0 Å². The Balaban J connectivity index is 1.72. The molecule has 4 heterocycles. The predicted molar refractivity (Wildman–Crippen MR) is 146 cm³/mol. The van der Waals surface area contributed by atoms with Crippen LogP contribution in [0.1, 0.15) is 70.5 Å². The van der Waals surface area contributed by atoms with Crippen LogP contribution in [0, 0.1) is 6.92 Å². The Kier molecular flexibility index (Phi) is 9.13. The number of nitrogens with one attached hydrogen (secondary N) is 1. The molecule has 12 nitrogen and oxygen atoms in total. The maximum Gasteiger partial charge on any atom is 0.240 e. The summed E-state index contributed by atoms with van der Waals surface area (Å²) >= 11 is 0. The zero-order valence-corrected chi connectivity index (χ0v) is 24.1. The van der Waals surface area contributed by atoms with Gasteiger partial charge in [-0.25, -0.2) is 23.4 Å². The van der Waals surface area contributed by atoms with Crippen molar-refractivity contribution in [3.63, 3.8) is 0 Å². The molecule has 4 atom stereocenters. The van der Waals surface area contributed by atoms with E-state index >= 15 is 0 Å². The Labute approximate surface area is 229 Å². The van der Waals surface area contributed by atoms with Crippen molar-refractivity contribution in [1.29, 1.82) is 0 Å². The first-order valence-corrected chi connectivity index (χ1v) is 14.7. The summed E-state index contributed by atoms with van der Waals surface area (Å²) in [6.07, 6.45) is 4.83. The zero-order chi connectivity index (χ0) is 28.2. The smallest absolute Gasteiger partial charge is 0.240 e. The Bertz CT molecular complexity index is 1340. The molecular formula is C26H37N7O5S. The van der Waals surface area contributed by atoms with Gasteiger partial charge in [-0.3, -0.25) is 9.29 Å². The third-order valence-electron chi connectivity index (χ3n) is 6.64. The van der Waals surface area contributed by atoms with Crippen molar-refractivity contribution in [3.05, 3.63) is 42.0 Å². The Morgan fingerprint density at radius 1 is 1.10 bits per heavy atom. The van der Waals surface area contributed by atoms with Crippen molar-refractivity contribution in [1.82, 2.24) is 29.7 Å². The normalized spacial score (nSPS) is 18.5. The molecule has 0 spiro atoms. The van der Waals surface area contributed by atoms with Crippen LogP contribution in [0.2, 0.25) is 0 Å². The van der Waals surface area contributed by atoms with E-state index in [1.54, 1.807) is 42.1 Å². The van der Waals surface area contributed by atoms with Gasteiger partial charge in [-0.05, 0) is 65.5 Å². The van der Waals surface area contributed by atoms with Gasteiger partial charge in [0.15, 0.2) is 11.6 Å². The number of anilines is 1. The van der Waals surface area contributed by atoms with Crippen LogP contribution in [0.3, 0.4) is 0 Å². The molecule has 3 aromatic heterocycles. The van der Waals surface area contributed by atoms with E-state index in [2.05, 4.69) is 29.9 Å². The third kappa shape index (κ3) is 6.71. The van der Waals surface area contributed by atoms with E-state index in [0.29, 0.717) is 29.8 Å². The molecule has 212 valence electrons. The number of pyridine rings is 1. The van der Waals surface area contributed by atoms with Gasteiger partial charge in [0, 0.05) is 25.1 Å². The molecule has 1 aliphatic heterocycles. The van der Waals surface area contributed by atoms with Crippen LogP contribution >= 0.6 is 0 Å². The number of nitrogens with zero attached hydrogens (tertiary/aromatic N) is 6. The number of methoxy groups -OCH3 is 1. The number of aromatic nitrogens is 6. The number of rotatable bonds is 11. The molecule has 0 aromatic carbocycles. The zero-order valence-electron chi connectivity index (χ0n) is 23.2. The lowest BCUT2D eigenvalue weighted by Crippen LogP contribution is -2.36. The maximum atomic E-state index is 13.8. The molecule has 0 unspecified atom stereocenters. The van der Waals surface area contributed by atoms with Gasteiger partial charge < -0.3 is 14.2 Å². The molecule has 0 aliphatic carbocycles. The minimum atomic E-state index is -4.05. The molecule has 0 radical (unpaired) electrons. The van der Waals surface area contributed by atoms with Crippen molar-refractivity contribution in [2.24, 2.45) is 0 Å². The van der Waals surface area contributed by atoms with Gasteiger partial charge in [0.1, 0.15) is 17.0 Å². The SMILES string of the molecule is COc1cccc(-c2nnc(NS(=O)(=O)[C@@H](C)[C@@H](OC(C)C)c3ncc(C)cn3)n2[C@H](C)[C@H]2CCCCO2)n1. The van der Waals surface area contributed by atoms with Crippen molar-refractivity contribution in [3.8, 4) is 17.4 Å². The van der Waals surface area contributed by atoms with Gasteiger partial charge in [-0.15, -0.1) is 10.2 Å². The second-order valence-electron chi connectivity index (χ2n) is 10.0. The van der Waals surface area contributed by atoms with E-state index in [4.69, 9.17) is 14.2 Å². The van der Waals surface area contributed by atoms with Crippen molar-refractivity contribution < 1.29 is 22.6 Å². The first kappa shape index (κ1) is 28.8. The quantitative estimate of drug-likeness (QED) is 0.368. The summed E-state index contributed by atoms with van der Waals surface area (Å²) < 4.78 is 49.3. The van der Waals surface area contributed by atoms with Gasteiger partial charge >= 0.3 is 0 Å². The molecule has 1 aliphatic rings. The topological polar surface area (TPSA) is 143 Å². The molecule has 0 amide bonds. The standard InChI is InChI=1S/C26H37N7O5S/c1-16(2)38-23(24-27-14-17(3)15-28-24)19(5)39(34,35)32-26-31-30-25(20-10-9-12-22(29-20)36-6)33(26)18(4)21-11-7-8-13-37-21/h9-10,12,14-16,18-19,21,23H,7-8,11,13H2,1-6H3,(H,31,32)/t18-,19+,21-,23-/m1/s1. The largest absolute Gasteiger partial charge is 0.481 e. The molecule has 4 rings (SSSR count). The molecule has 3 aromatic rings. The average Bonchev–Trinajstić information content (AvgIpc) is 3.34. The summed E-state index contributed by atoms with van der Waals surface area (Å²) in [5.74, 6) is 1.17. The third-order valence-corrected chi connectivity index (χ3v) is 8.33. The molecule has 0 bridgehead atoms. The lowest BCUT2D eigenvalue weighted by Gasteiger charge is -2.30. The first-order chi connectivity index (χ1) is 18.6. The summed E-state index contributed by atoms with van der Waals surface area (Å²) in [4.78, 5) is 13.2. The lowest BCUT2D eigenvalue weighted by atomic mass is 10.0. The highest BCUT2D eigenvalue weighted by molar-refractivity contribution is 7.93. The van der Waals surface area contributed by atoms with Crippen molar-refractivity contribution >= 4 is 16.0 Å². The molecular weight excluding hydrogens is 522 g/mol. The molecule has 13 heteroatoms. The fraction of sp³-hybridized carbons (Fsp3) is 0.577. The highest BCUT2D eigenvalue weighted by atomic mass is 32.2. The van der Waals surface area contributed by atoms with Gasteiger partial charge in [0.05, 0.1) is 25.4 Å². The second kappa shape index (κ2) is 12.3. The van der Waals surface area contributed by atoms with Gasteiger partial charge in [-0.1, -0.05) is 6.07 Å². The van der Waals surface area contributed by atoms with E-state index < -0.39 is 21.4 Å². The number of hydrogen-bond donors (Lipinski definition) is 1. The molecule has 1 saturated heterocycles. The van der Waals surface area contributed by atoms with Crippen LogP contribution in [0.5, 0.6) is 5.88 Å². The molecule has 0 saturated carbocycles. The van der Waals surface area contributed by atoms with Crippen molar-refractivity contribution in [2.75, 3.05) is 18.4 Å². The van der Waals surface area contributed by atoms with Gasteiger partial charge in [0.25, 0.3) is 0 Å². The van der Waals surface area contributed by atoms with Crippen LogP contribution in [0.15, 0.2) is 30.6 Å². The fourth-order valence-electron chi connectivity index (χ4n) is 4.49. The molecule has 1 N–H and O–H groups in total. The maximum absolute atomic E-state index is 13.8. The lowest BCUT2D eigenvalue weighted by molar-refractivity contribution is -0.0116. The van der Waals surface area contributed by atoms with Crippen molar-refractivity contribution in [2.45, 2.75) is 83.5 Å². The highest BCUT2D eigenvalue weighted by Crippen LogP contribution is 2.33. The van der Waals surface area contributed by atoms with E-state index in [0.717, 1.165) is 24.8 Å². The van der Waals surface area contributed by atoms with Gasteiger partial charge in [0.2, 0.25) is 21.9 Å². The van der Waals surface area contributed by atoms with E-state index in [-0.39, 0.29) is 24.2 Å². The second-order valence-corrected chi connectivity index (χ2v) is 12.0. The Morgan fingerprint density at radius 2 is 1.85 bits per heavy atom. The van der Waals surface area contributed by atoms with Crippen LogP contribution in [0.4, 0.5) is 5.95 Å². The monoisotopic (exact) mass is 559 g/mol. The molecule has 39 heavy (non-hydrogen) atoms. The highest BCUT2D eigenvalue weighted by Gasteiger charge is 2.36. The summed E-state index contributed by atoms with van der Waals surface area (Å²) in [6, 6.07) is 5.02. The summed E-state index contributed by atoms with van der Waals surface area (Å²) in [5, 5.41) is 7.54. The van der Waals surface area contributed by atoms with E-state index in [9.17, 15) is 8.42 Å². The predicted octanol–water partition coefficient (Wildman–Crippen LogP) is 3.87. The minimum absolute atomic E-state index is 0.0660. The van der Waals surface area contributed by atoms with Crippen LogP contribution in [0.25, 0.3) is 11.5 Å². The van der Waals surface area contributed by atoms with E-state index in [1.165, 1.54) is 7.11 Å².